The van der Waals surface area contributed by atoms with Crippen molar-refractivity contribution in [3.8, 4) is 0 Å². The van der Waals surface area contributed by atoms with Gasteiger partial charge in [0.05, 0.1) is 0 Å². The molecule has 0 unspecified atom stereocenters. The Morgan fingerprint density at radius 3 is 2.41 bits per heavy atom. The second kappa shape index (κ2) is 6.03. The Kier molecular flexibility index (Phi) is 3.93. The van der Waals surface area contributed by atoms with Gasteiger partial charge in [0.15, 0.2) is 5.82 Å². The van der Waals surface area contributed by atoms with E-state index in [1.54, 1.807) is 6.07 Å². The number of nitrogens with zero attached hydrogens (tertiary/aromatic N) is 3. The third-order valence-corrected chi connectivity index (χ3v) is 3.09. The van der Waals surface area contributed by atoms with Crippen LogP contribution in [0.25, 0.3) is 0 Å². The Hall–Kier alpha value is -2.60. The molecule has 0 radical (unpaired) electrons. The summed E-state index contributed by atoms with van der Waals surface area (Å²) >= 11 is 5.88. The monoisotopic (exact) mass is 315 g/mol. The number of hydrogen-bond acceptors (Lipinski definition) is 6. The molecular formula is C15H14ClN5O. The summed E-state index contributed by atoms with van der Waals surface area (Å²) in [4.78, 5) is 8.74. The fourth-order valence-electron chi connectivity index (χ4n) is 1.91. The smallest absolute Gasteiger partial charge is 0.230 e. The highest BCUT2D eigenvalue weighted by Gasteiger charge is 2.06. The van der Waals surface area contributed by atoms with E-state index in [4.69, 9.17) is 16.1 Å². The molecule has 3 rings (SSSR count). The molecule has 112 valence electrons. The average Bonchev–Trinajstić information content (AvgIpc) is 2.86. The van der Waals surface area contributed by atoms with Crippen LogP contribution in [0.15, 0.2) is 40.9 Å². The van der Waals surface area contributed by atoms with E-state index >= 15 is 0 Å². The fourth-order valence-corrected chi connectivity index (χ4v) is 2.04. The minimum absolute atomic E-state index is 0.449. The van der Waals surface area contributed by atoms with Gasteiger partial charge >= 0.3 is 0 Å². The molecule has 0 spiro atoms. The fraction of sp³-hybridized carbons (Fsp3) is 0.133. The number of aryl methyl sites for hydroxylation is 2. The maximum Gasteiger partial charge on any atom is 0.230 e. The normalized spacial score (nSPS) is 10.5. The van der Waals surface area contributed by atoms with Crippen LogP contribution in [0, 0.1) is 13.8 Å². The summed E-state index contributed by atoms with van der Waals surface area (Å²) in [6.45, 7) is 3.72. The first-order valence-electron chi connectivity index (χ1n) is 6.67. The van der Waals surface area contributed by atoms with E-state index in [1.165, 1.54) is 0 Å². The minimum atomic E-state index is 0.449. The zero-order valence-corrected chi connectivity index (χ0v) is 12.8. The van der Waals surface area contributed by atoms with E-state index < -0.39 is 0 Å². The van der Waals surface area contributed by atoms with Crippen molar-refractivity contribution in [1.82, 2.24) is 15.1 Å². The average molecular weight is 316 g/mol. The first kappa shape index (κ1) is 14.3. The van der Waals surface area contributed by atoms with Gasteiger partial charge in [-0.1, -0.05) is 16.8 Å². The molecule has 1 aromatic carbocycles. The molecule has 0 saturated carbocycles. The molecule has 0 fully saturated rings. The topological polar surface area (TPSA) is 75.9 Å². The lowest BCUT2D eigenvalue weighted by Crippen LogP contribution is -2.02. The van der Waals surface area contributed by atoms with Gasteiger partial charge in [-0.25, -0.2) is 4.98 Å². The van der Waals surface area contributed by atoms with Crippen LogP contribution >= 0.6 is 11.6 Å². The van der Waals surface area contributed by atoms with Gasteiger partial charge in [0.2, 0.25) is 5.95 Å². The molecule has 6 nitrogen and oxygen atoms in total. The van der Waals surface area contributed by atoms with Crippen LogP contribution in [0.2, 0.25) is 5.02 Å². The Balaban J connectivity index is 1.81. The molecule has 0 saturated heterocycles. The van der Waals surface area contributed by atoms with Crippen LogP contribution in [0.1, 0.15) is 11.5 Å². The predicted octanol–water partition coefficient (Wildman–Crippen LogP) is 4.22. The van der Waals surface area contributed by atoms with Crippen molar-refractivity contribution >= 4 is 34.9 Å². The van der Waals surface area contributed by atoms with Crippen molar-refractivity contribution in [1.29, 1.82) is 0 Å². The van der Waals surface area contributed by atoms with Crippen molar-refractivity contribution in [3.63, 3.8) is 0 Å². The molecule has 3 aromatic rings. The van der Waals surface area contributed by atoms with Gasteiger partial charge in [0.1, 0.15) is 11.6 Å². The van der Waals surface area contributed by atoms with Gasteiger partial charge in [-0.05, 0) is 38.1 Å². The van der Waals surface area contributed by atoms with Crippen molar-refractivity contribution in [3.05, 3.63) is 52.9 Å². The lowest BCUT2D eigenvalue weighted by molar-refractivity contribution is 0.400. The molecule has 0 aliphatic carbocycles. The number of anilines is 4. The number of aromatic nitrogens is 3. The van der Waals surface area contributed by atoms with Crippen molar-refractivity contribution < 1.29 is 4.52 Å². The Labute approximate surface area is 132 Å². The van der Waals surface area contributed by atoms with Gasteiger partial charge < -0.3 is 15.2 Å². The molecule has 0 amide bonds. The van der Waals surface area contributed by atoms with Gasteiger partial charge in [-0.3, -0.25) is 0 Å². The van der Waals surface area contributed by atoms with E-state index in [2.05, 4.69) is 25.8 Å². The summed E-state index contributed by atoms with van der Waals surface area (Å²) in [6, 6.07) is 11.0. The molecule has 2 heterocycles. The zero-order chi connectivity index (χ0) is 15.5. The van der Waals surface area contributed by atoms with Gasteiger partial charge in [0, 0.05) is 28.5 Å². The second-order valence-electron chi connectivity index (χ2n) is 4.80. The number of benzene rings is 1. The number of rotatable bonds is 4. The van der Waals surface area contributed by atoms with E-state index in [1.807, 2.05) is 44.2 Å². The summed E-state index contributed by atoms with van der Waals surface area (Å²) in [5.41, 5.74) is 1.72. The van der Waals surface area contributed by atoms with Crippen LogP contribution in [0.5, 0.6) is 0 Å². The minimum Gasteiger partial charge on any atom is -0.360 e. The predicted molar refractivity (Wildman–Crippen MR) is 86.0 cm³/mol. The van der Waals surface area contributed by atoms with Gasteiger partial charge in [-0.2, -0.15) is 4.98 Å². The number of halogens is 1. The molecule has 0 bridgehead atoms. The van der Waals surface area contributed by atoms with Crippen LogP contribution < -0.4 is 10.6 Å². The Morgan fingerprint density at radius 2 is 1.73 bits per heavy atom. The molecule has 0 aliphatic heterocycles. The third-order valence-electron chi connectivity index (χ3n) is 2.84. The first-order valence-corrected chi connectivity index (χ1v) is 7.05. The summed E-state index contributed by atoms with van der Waals surface area (Å²) in [6.07, 6.45) is 0. The summed E-state index contributed by atoms with van der Waals surface area (Å²) in [5, 5.41) is 10.8. The van der Waals surface area contributed by atoms with Crippen LogP contribution in [-0.4, -0.2) is 15.1 Å². The standard InChI is InChI=1S/C15H14ClN5O/c1-9-7-13(18-12-5-3-11(16)4-6-12)19-15(17-9)20-14-8-10(2)22-21-14/h3-8H,1-2H3,(H2,17,18,19,20,21). The Bertz CT molecular complexity index is 785. The van der Waals surface area contributed by atoms with E-state index in [0.717, 1.165) is 17.1 Å². The largest absolute Gasteiger partial charge is 0.360 e. The lowest BCUT2D eigenvalue weighted by atomic mass is 10.3. The van der Waals surface area contributed by atoms with Crippen LogP contribution in [0.3, 0.4) is 0 Å². The van der Waals surface area contributed by atoms with Gasteiger partial charge in [0.25, 0.3) is 0 Å². The summed E-state index contributed by atoms with van der Waals surface area (Å²) < 4.78 is 5.01. The molecule has 2 N–H and O–H groups in total. The quantitative estimate of drug-likeness (QED) is 0.750. The zero-order valence-electron chi connectivity index (χ0n) is 12.1. The lowest BCUT2D eigenvalue weighted by Gasteiger charge is -2.08. The molecule has 0 atom stereocenters. The molecule has 2 aromatic heterocycles. The Morgan fingerprint density at radius 1 is 0.955 bits per heavy atom. The van der Waals surface area contributed by atoms with E-state index in [0.29, 0.717) is 22.6 Å². The summed E-state index contributed by atoms with van der Waals surface area (Å²) in [7, 11) is 0. The highest BCUT2D eigenvalue weighted by molar-refractivity contribution is 6.30. The van der Waals surface area contributed by atoms with E-state index in [-0.39, 0.29) is 0 Å². The molecule has 22 heavy (non-hydrogen) atoms. The van der Waals surface area contributed by atoms with Crippen LogP contribution in [-0.2, 0) is 0 Å². The van der Waals surface area contributed by atoms with Gasteiger partial charge in [-0.15, -0.1) is 0 Å². The molecule has 0 aliphatic rings. The van der Waals surface area contributed by atoms with Crippen molar-refractivity contribution in [2.24, 2.45) is 0 Å². The van der Waals surface area contributed by atoms with E-state index in [9.17, 15) is 0 Å². The highest BCUT2D eigenvalue weighted by Crippen LogP contribution is 2.20. The number of hydrogen-bond donors (Lipinski definition) is 2. The maximum absolute atomic E-state index is 5.88. The summed E-state index contributed by atoms with van der Waals surface area (Å²) in [5.74, 6) is 2.41. The molecular weight excluding hydrogens is 302 g/mol. The van der Waals surface area contributed by atoms with Crippen LogP contribution in [0.4, 0.5) is 23.3 Å². The SMILES string of the molecule is Cc1cc(Nc2ccc(Cl)cc2)nc(Nc2cc(C)on2)n1. The highest BCUT2D eigenvalue weighted by atomic mass is 35.5. The third kappa shape index (κ3) is 3.53. The van der Waals surface area contributed by atoms with Crippen molar-refractivity contribution in [2.75, 3.05) is 10.6 Å². The molecule has 7 heteroatoms. The second-order valence-corrected chi connectivity index (χ2v) is 5.23. The first-order chi connectivity index (χ1) is 10.6. The maximum atomic E-state index is 5.88. The number of nitrogens with one attached hydrogen (secondary N) is 2. The van der Waals surface area contributed by atoms with Crippen molar-refractivity contribution in [2.45, 2.75) is 13.8 Å².